The number of aryl methyl sites for hydroxylation is 1. The van der Waals surface area contributed by atoms with Gasteiger partial charge >= 0.3 is 0 Å². The minimum atomic E-state index is -0.719. The number of aliphatic hydroxyl groups is 1. The van der Waals surface area contributed by atoms with Gasteiger partial charge in [0.25, 0.3) is 0 Å². The Labute approximate surface area is 101 Å². The number of methoxy groups -OCH3 is 1. The molecular formula is C14H16O3. The van der Waals surface area contributed by atoms with Crippen molar-refractivity contribution in [1.82, 2.24) is 0 Å². The summed E-state index contributed by atoms with van der Waals surface area (Å²) in [6.07, 6.45) is 2.37. The van der Waals surface area contributed by atoms with Crippen molar-refractivity contribution in [1.29, 1.82) is 0 Å². The van der Waals surface area contributed by atoms with Crippen molar-refractivity contribution in [2.24, 2.45) is 0 Å². The lowest BCUT2D eigenvalue weighted by atomic mass is 9.98. The van der Waals surface area contributed by atoms with E-state index in [2.05, 4.69) is 0 Å². The minimum absolute atomic E-state index is 0.719. The largest absolute Gasteiger partial charge is 0.496 e. The van der Waals surface area contributed by atoms with E-state index in [0.717, 1.165) is 28.0 Å². The molecule has 1 heterocycles. The quantitative estimate of drug-likeness (QED) is 0.884. The lowest BCUT2D eigenvalue weighted by Crippen LogP contribution is -2.03. The van der Waals surface area contributed by atoms with Gasteiger partial charge in [-0.05, 0) is 31.0 Å². The highest BCUT2D eigenvalue weighted by Gasteiger charge is 2.18. The molecule has 90 valence electrons. The molecule has 17 heavy (non-hydrogen) atoms. The van der Waals surface area contributed by atoms with Crippen LogP contribution in [0.15, 0.2) is 35.1 Å². The number of hydrogen-bond acceptors (Lipinski definition) is 3. The van der Waals surface area contributed by atoms with Gasteiger partial charge in [-0.1, -0.05) is 12.1 Å². The van der Waals surface area contributed by atoms with Crippen LogP contribution in [0.25, 0.3) is 0 Å². The molecule has 1 atom stereocenters. The first-order valence-corrected chi connectivity index (χ1v) is 5.49. The van der Waals surface area contributed by atoms with E-state index in [1.165, 1.54) is 0 Å². The Morgan fingerprint density at radius 1 is 1.24 bits per heavy atom. The van der Waals surface area contributed by atoms with Crippen LogP contribution in [0, 0.1) is 13.8 Å². The molecular weight excluding hydrogens is 216 g/mol. The highest BCUT2D eigenvalue weighted by molar-refractivity contribution is 5.48. The SMILES string of the molecule is COc1c(C(O)c2ccoc2)ccc(C)c1C. The molecule has 0 bridgehead atoms. The number of rotatable bonds is 3. The summed E-state index contributed by atoms with van der Waals surface area (Å²) < 4.78 is 10.4. The fraction of sp³-hybridized carbons (Fsp3) is 0.286. The lowest BCUT2D eigenvalue weighted by molar-refractivity contribution is 0.213. The van der Waals surface area contributed by atoms with Gasteiger partial charge in [0.1, 0.15) is 11.9 Å². The van der Waals surface area contributed by atoms with Gasteiger partial charge in [-0.25, -0.2) is 0 Å². The summed E-state index contributed by atoms with van der Waals surface area (Å²) in [7, 11) is 1.62. The first-order valence-electron chi connectivity index (χ1n) is 5.49. The summed E-state index contributed by atoms with van der Waals surface area (Å²) in [5, 5.41) is 10.3. The summed E-state index contributed by atoms with van der Waals surface area (Å²) in [5.74, 6) is 0.735. The highest BCUT2D eigenvalue weighted by Crippen LogP contribution is 2.34. The average molecular weight is 232 g/mol. The monoisotopic (exact) mass is 232 g/mol. The fourth-order valence-electron chi connectivity index (χ4n) is 1.91. The van der Waals surface area contributed by atoms with Gasteiger partial charge in [0.2, 0.25) is 0 Å². The molecule has 3 nitrogen and oxygen atoms in total. The summed E-state index contributed by atoms with van der Waals surface area (Å²) in [5.41, 5.74) is 3.68. The molecule has 2 aromatic rings. The molecule has 0 spiro atoms. The molecule has 0 radical (unpaired) electrons. The summed E-state index contributed by atoms with van der Waals surface area (Å²) in [4.78, 5) is 0. The molecule has 0 aliphatic carbocycles. The molecule has 0 saturated carbocycles. The summed E-state index contributed by atoms with van der Waals surface area (Å²) in [6, 6.07) is 5.62. The van der Waals surface area contributed by atoms with E-state index < -0.39 is 6.10 Å². The van der Waals surface area contributed by atoms with E-state index in [1.54, 1.807) is 25.7 Å². The van der Waals surface area contributed by atoms with Crippen LogP contribution < -0.4 is 4.74 Å². The van der Waals surface area contributed by atoms with Gasteiger partial charge in [0, 0.05) is 11.1 Å². The number of benzene rings is 1. The second kappa shape index (κ2) is 4.63. The Balaban J connectivity index is 2.49. The molecule has 2 rings (SSSR count). The Bertz CT molecular complexity index is 500. The van der Waals surface area contributed by atoms with E-state index >= 15 is 0 Å². The Hall–Kier alpha value is -1.74. The molecule has 0 aliphatic heterocycles. The number of hydrogen-bond donors (Lipinski definition) is 1. The van der Waals surface area contributed by atoms with Crippen LogP contribution >= 0.6 is 0 Å². The maximum atomic E-state index is 10.3. The Kier molecular flexibility index (Phi) is 3.20. The van der Waals surface area contributed by atoms with Crippen molar-refractivity contribution in [2.45, 2.75) is 20.0 Å². The predicted octanol–water partition coefficient (Wildman–Crippen LogP) is 2.99. The van der Waals surface area contributed by atoms with Crippen LogP contribution in [0.2, 0.25) is 0 Å². The molecule has 0 fully saturated rings. The zero-order valence-corrected chi connectivity index (χ0v) is 10.2. The van der Waals surface area contributed by atoms with Gasteiger partial charge in [0.05, 0.1) is 19.6 Å². The van der Waals surface area contributed by atoms with E-state index in [4.69, 9.17) is 9.15 Å². The van der Waals surface area contributed by atoms with Gasteiger partial charge < -0.3 is 14.3 Å². The van der Waals surface area contributed by atoms with E-state index in [9.17, 15) is 5.11 Å². The van der Waals surface area contributed by atoms with Gasteiger partial charge in [-0.2, -0.15) is 0 Å². The second-order valence-corrected chi connectivity index (χ2v) is 4.09. The molecule has 1 N–H and O–H groups in total. The second-order valence-electron chi connectivity index (χ2n) is 4.09. The van der Waals surface area contributed by atoms with Gasteiger partial charge in [0.15, 0.2) is 0 Å². The third kappa shape index (κ3) is 2.06. The number of ether oxygens (including phenoxy) is 1. The normalized spacial score (nSPS) is 12.5. The molecule has 0 aliphatic rings. The molecule has 0 amide bonds. The first-order chi connectivity index (χ1) is 8.15. The number of aliphatic hydroxyl groups excluding tert-OH is 1. The molecule has 3 heteroatoms. The standard InChI is InChI=1S/C14H16O3/c1-9-4-5-12(14(16-3)10(9)2)13(15)11-6-7-17-8-11/h4-8,13,15H,1-3H3. The summed E-state index contributed by atoms with van der Waals surface area (Å²) in [6.45, 7) is 4.01. The van der Waals surface area contributed by atoms with Crippen LogP contribution in [0.1, 0.15) is 28.4 Å². The maximum Gasteiger partial charge on any atom is 0.128 e. The van der Waals surface area contributed by atoms with Crippen molar-refractivity contribution in [3.8, 4) is 5.75 Å². The van der Waals surface area contributed by atoms with Crippen LogP contribution in [-0.4, -0.2) is 12.2 Å². The van der Waals surface area contributed by atoms with Crippen molar-refractivity contribution >= 4 is 0 Å². The topological polar surface area (TPSA) is 42.6 Å². The summed E-state index contributed by atoms with van der Waals surface area (Å²) >= 11 is 0. The molecule has 0 saturated heterocycles. The third-order valence-corrected chi connectivity index (χ3v) is 3.06. The van der Waals surface area contributed by atoms with Crippen molar-refractivity contribution in [2.75, 3.05) is 7.11 Å². The van der Waals surface area contributed by atoms with E-state index in [0.29, 0.717) is 0 Å². The maximum absolute atomic E-state index is 10.3. The zero-order valence-electron chi connectivity index (χ0n) is 10.2. The molecule has 1 unspecified atom stereocenters. The Morgan fingerprint density at radius 3 is 2.59 bits per heavy atom. The van der Waals surface area contributed by atoms with Crippen LogP contribution in [0.4, 0.5) is 0 Å². The zero-order chi connectivity index (χ0) is 12.4. The third-order valence-electron chi connectivity index (χ3n) is 3.06. The van der Waals surface area contributed by atoms with Gasteiger partial charge in [-0.15, -0.1) is 0 Å². The first kappa shape index (κ1) is 11.7. The lowest BCUT2D eigenvalue weighted by Gasteiger charge is -2.17. The highest BCUT2D eigenvalue weighted by atomic mass is 16.5. The van der Waals surface area contributed by atoms with Crippen LogP contribution in [-0.2, 0) is 0 Å². The van der Waals surface area contributed by atoms with Crippen molar-refractivity contribution in [3.05, 3.63) is 53.0 Å². The number of furan rings is 1. The smallest absolute Gasteiger partial charge is 0.128 e. The molecule has 1 aromatic heterocycles. The van der Waals surface area contributed by atoms with Crippen molar-refractivity contribution < 1.29 is 14.3 Å². The van der Waals surface area contributed by atoms with E-state index in [-0.39, 0.29) is 0 Å². The van der Waals surface area contributed by atoms with Gasteiger partial charge in [-0.3, -0.25) is 0 Å². The predicted molar refractivity (Wildman–Crippen MR) is 65.2 cm³/mol. The molecule has 1 aromatic carbocycles. The Morgan fingerprint density at radius 2 is 2.00 bits per heavy atom. The van der Waals surface area contributed by atoms with Crippen LogP contribution in [0.5, 0.6) is 5.75 Å². The van der Waals surface area contributed by atoms with E-state index in [1.807, 2.05) is 26.0 Å². The average Bonchev–Trinajstić information content (AvgIpc) is 2.85. The fourth-order valence-corrected chi connectivity index (χ4v) is 1.91. The van der Waals surface area contributed by atoms with Crippen LogP contribution in [0.3, 0.4) is 0 Å². The van der Waals surface area contributed by atoms with Crippen molar-refractivity contribution in [3.63, 3.8) is 0 Å². The minimum Gasteiger partial charge on any atom is -0.496 e.